The van der Waals surface area contributed by atoms with Gasteiger partial charge in [0.2, 0.25) is 5.91 Å². The van der Waals surface area contributed by atoms with Gasteiger partial charge in [0.05, 0.1) is 19.6 Å². The molecular weight excluding hydrogens is 288 g/mol. The number of hydrogen-bond acceptors (Lipinski definition) is 3. The Morgan fingerprint density at radius 3 is 2.57 bits per heavy atom. The van der Waals surface area contributed by atoms with E-state index in [9.17, 15) is 4.79 Å². The maximum atomic E-state index is 12.2. The zero-order chi connectivity index (χ0) is 15.9. The van der Waals surface area contributed by atoms with Crippen molar-refractivity contribution >= 4 is 5.91 Å². The number of carbonyl (C=O) groups is 1. The molecule has 0 unspecified atom stereocenters. The molecule has 23 heavy (non-hydrogen) atoms. The summed E-state index contributed by atoms with van der Waals surface area (Å²) < 4.78 is 5.61. The molecule has 4 heteroatoms. The second-order valence-electron chi connectivity index (χ2n) is 6.79. The first-order valence-electron chi connectivity index (χ1n) is 8.94. The predicted octanol–water partition coefficient (Wildman–Crippen LogP) is 2.58. The molecule has 2 aliphatic rings. The molecule has 0 aromatic heterocycles. The second kappa shape index (κ2) is 8.46. The Labute approximate surface area is 139 Å². The van der Waals surface area contributed by atoms with Crippen molar-refractivity contribution in [1.82, 2.24) is 10.2 Å². The summed E-state index contributed by atoms with van der Waals surface area (Å²) in [4.78, 5) is 14.2. The molecule has 1 aromatic carbocycles. The van der Waals surface area contributed by atoms with Crippen LogP contribution in [0, 0.1) is 5.92 Å². The third kappa shape index (κ3) is 5.63. The number of likely N-dealkylation sites (tertiary alicyclic amines) is 1. The van der Waals surface area contributed by atoms with Crippen molar-refractivity contribution in [3.8, 4) is 0 Å². The van der Waals surface area contributed by atoms with Crippen LogP contribution in [0.5, 0.6) is 0 Å². The topological polar surface area (TPSA) is 41.6 Å². The van der Waals surface area contributed by atoms with Gasteiger partial charge in [-0.3, -0.25) is 4.79 Å². The maximum absolute atomic E-state index is 12.2. The lowest BCUT2D eigenvalue weighted by molar-refractivity contribution is -0.133. The summed E-state index contributed by atoms with van der Waals surface area (Å²) in [5, 5.41) is 3.65. The van der Waals surface area contributed by atoms with Gasteiger partial charge >= 0.3 is 0 Å². The number of carbonyl (C=O) groups excluding carboxylic acids is 1. The first-order valence-corrected chi connectivity index (χ1v) is 8.94. The van der Waals surface area contributed by atoms with Gasteiger partial charge in [-0.05, 0) is 43.7 Å². The fourth-order valence-corrected chi connectivity index (χ4v) is 3.07. The van der Waals surface area contributed by atoms with Crippen LogP contribution >= 0.6 is 0 Å². The van der Waals surface area contributed by atoms with Crippen molar-refractivity contribution < 1.29 is 9.53 Å². The number of benzene rings is 1. The zero-order valence-corrected chi connectivity index (χ0v) is 13.9. The van der Waals surface area contributed by atoms with Gasteiger partial charge in [-0.2, -0.15) is 0 Å². The first kappa shape index (κ1) is 16.5. The van der Waals surface area contributed by atoms with E-state index in [0.29, 0.717) is 25.7 Å². The number of hydrogen-bond donors (Lipinski definition) is 1. The Kier molecular flexibility index (Phi) is 6.06. The predicted molar refractivity (Wildman–Crippen MR) is 91.0 cm³/mol. The summed E-state index contributed by atoms with van der Waals surface area (Å²) in [6, 6.07) is 10.7. The van der Waals surface area contributed by atoms with Crippen molar-refractivity contribution in [2.24, 2.45) is 5.92 Å². The summed E-state index contributed by atoms with van der Waals surface area (Å²) in [6.45, 7) is 4.04. The zero-order valence-electron chi connectivity index (χ0n) is 13.9. The molecule has 0 radical (unpaired) electrons. The third-order valence-electron chi connectivity index (χ3n) is 4.81. The minimum atomic E-state index is 0.235. The van der Waals surface area contributed by atoms with Gasteiger partial charge in [0, 0.05) is 19.1 Å². The van der Waals surface area contributed by atoms with E-state index in [4.69, 9.17) is 4.74 Å². The highest BCUT2D eigenvalue weighted by molar-refractivity contribution is 5.76. The van der Waals surface area contributed by atoms with Gasteiger partial charge in [-0.1, -0.05) is 30.3 Å². The molecule has 1 saturated carbocycles. The van der Waals surface area contributed by atoms with Gasteiger partial charge in [-0.15, -0.1) is 0 Å². The van der Waals surface area contributed by atoms with E-state index >= 15 is 0 Å². The molecule has 3 rings (SSSR count). The van der Waals surface area contributed by atoms with E-state index in [1.807, 2.05) is 35.2 Å². The molecular formula is C19H28N2O2. The van der Waals surface area contributed by atoms with Crippen molar-refractivity contribution in [3.63, 3.8) is 0 Å². The van der Waals surface area contributed by atoms with Gasteiger partial charge in [0.15, 0.2) is 0 Å². The fraction of sp³-hybridized carbons (Fsp3) is 0.632. The Bertz CT molecular complexity index is 479. The number of nitrogens with zero attached hydrogens (tertiary/aromatic N) is 1. The number of amides is 1. The monoisotopic (exact) mass is 316 g/mol. The molecule has 1 aliphatic heterocycles. The van der Waals surface area contributed by atoms with E-state index in [-0.39, 0.29) is 5.91 Å². The summed E-state index contributed by atoms with van der Waals surface area (Å²) in [6.07, 6.45) is 5.46. The minimum absolute atomic E-state index is 0.235. The van der Waals surface area contributed by atoms with E-state index < -0.39 is 0 Å². The number of nitrogens with one attached hydrogen (secondary N) is 1. The quantitative estimate of drug-likeness (QED) is 0.750. The Hall–Kier alpha value is -1.39. The molecule has 1 N–H and O–H groups in total. The standard InChI is InChI=1S/C19H28N2O2/c22-19(10-13-23-15-17-4-2-1-3-5-17)21-11-8-18(9-12-21)20-14-16-6-7-16/h1-5,16,18,20H,6-15H2. The van der Waals surface area contributed by atoms with Crippen LogP contribution < -0.4 is 5.32 Å². The van der Waals surface area contributed by atoms with Crippen molar-refractivity contribution in [3.05, 3.63) is 35.9 Å². The molecule has 1 saturated heterocycles. The first-order chi connectivity index (χ1) is 11.3. The molecule has 4 nitrogen and oxygen atoms in total. The maximum Gasteiger partial charge on any atom is 0.224 e. The van der Waals surface area contributed by atoms with Crippen LogP contribution in [0.15, 0.2) is 30.3 Å². The van der Waals surface area contributed by atoms with Crippen molar-refractivity contribution in [2.45, 2.75) is 44.8 Å². The lowest BCUT2D eigenvalue weighted by Crippen LogP contribution is -2.45. The van der Waals surface area contributed by atoms with Crippen LogP contribution in [0.1, 0.15) is 37.7 Å². The smallest absolute Gasteiger partial charge is 0.224 e. The van der Waals surface area contributed by atoms with Crippen molar-refractivity contribution in [1.29, 1.82) is 0 Å². The molecule has 2 fully saturated rings. The SMILES string of the molecule is O=C(CCOCc1ccccc1)N1CCC(NCC2CC2)CC1. The van der Waals surface area contributed by atoms with Crippen LogP contribution in [0.3, 0.4) is 0 Å². The lowest BCUT2D eigenvalue weighted by Gasteiger charge is -2.32. The fourth-order valence-electron chi connectivity index (χ4n) is 3.07. The Balaban J connectivity index is 1.27. The molecule has 1 aliphatic carbocycles. The number of piperidine rings is 1. The molecule has 1 aromatic rings. The molecule has 126 valence electrons. The van der Waals surface area contributed by atoms with Gasteiger partial charge in [-0.25, -0.2) is 0 Å². The molecule has 0 spiro atoms. The molecule has 1 amide bonds. The number of ether oxygens (including phenoxy) is 1. The highest BCUT2D eigenvalue weighted by Crippen LogP contribution is 2.28. The summed E-state index contributed by atoms with van der Waals surface area (Å²) in [7, 11) is 0. The summed E-state index contributed by atoms with van der Waals surface area (Å²) >= 11 is 0. The highest BCUT2D eigenvalue weighted by atomic mass is 16.5. The largest absolute Gasteiger partial charge is 0.376 e. The average molecular weight is 316 g/mol. The van der Waals surface area contributed by atoms with Crippen LogP contribution in [0.2, 0.25) is 0 Å². The van der Waals surface area contributed by atoms with Crippen LogP contribution in [-0.4, -0.2) is 43.1 Å². The van der Waals surface area contributed by atoms with Gasteiger partial charge in [0.25, 0.3) is 0 Å². The average Bonchev–Trinajstić information content (AvgIpc) is 3.42. The van der Waals surface area contributed by atoms with Crippen LogP contribution in [0.25, 0.3) is 0 Å². The molecule has 1 heterocycles. The van der Waals surface area contributed by atoms with Gasteiger partial charge in [0.1, 0.15) is 0 Å². The van der Waals surface area contributed by atoms with E-state index in [1.165, 1.54) is 19.4 Å². The minimum Gasteiger partial charge on any atom is -0.376 e. The highest BCUT2D eigenvalue weighted by Gasteiger charge is 2.25. The Morgan fingerprint density at radius 2 is 1.87 bits per heavy atom. The van der Waals surface area contributed by atoms with Crippen molar-refractivity contribution in [2.75, 3.05) is 26.2 Å². The van der Waals surface area contributed by atoms with E-state index in [0.717, 1.165) is 37.4 Å². The third-order valence-corrected chi connectivity index (χ3v) is 4.81. The van der Waals surface area contributed by atoms with E-state index in [2.05, 4.69) is 5.32 Å². The number of rotatable bonds is 8. The van der Waals surface area contributed by atoms with Crippen LogP contribution in [0.4, 0.5) is 0 Å². The second-order valence-corrected chi connectivity index (χ2v) is 6.79. The van der Waals surface area contributed by atoms with Gasteiger partial charge < -0.3 is 15.0 Å². The summed E-state index contributed by atoms with van der Waals surface area (Å²) in [5.74, 6) is 1.16. The normalized spacial score (nSPS) is 19.0. The lowest BCUT2D eigenvalue weighted by atomic mass is 10.0. The van der Waals surface area contributed by atoms with E-state index in [1.54, 1.807) is 0 Å². The molecule has 0 atom stereocenters. The summed E-state index contributed by atoms with van der Waals surface area (Å²) in [5.41, 5.74) is 1.16. The Morgan fingerprint density at radius 1 is 1.13 bits per heavy atom. The van der Waals surface area contributed by atoms with Crippen LogP contribution in [-0.2, 0) is 16.1 Å². The molecule has 0 bridgehead atoms.